The zero-order valence-corrected chi connectivity index (χ0v) is 43.9. The van der Waals surface area contributed by atoms with Gasteiger partial charge in [-0.25, -0.2) is 4.98 Å². The Labute approximate surface area is 411 Å². The van der Waals surface area contributed by atoms with Gasteiger partial charge < -0.3 is 14.0 Å². The van der Waals surface area contributed by atoms with Crippen LogP contribution >= 0.6 is 0 Å². The third kappa shape index (κ3) is 9.61. The van der Waals surface area contributed by atoms with Gasteiger partial charge in [0.1, 0.15) is 0 Å². The third-order valence-electron chi connectivity index (χ3n) is 13.1. The molecule has 6 aromatic carbocycles. The molecular formula is C60H60IrN4OSi-2. The van der Waals surface area contributed by atoms with E-state index in [4.69, 9.17) is 14.4 Å². The fourth-order valence-electron chi connectivity index (χ4n) is 9.12. The molecule has 0 aliphatic carbocycles. The Morgan fingerprint density at radius 2 is 1.36 bits per heavy atom. The summed E-state index contributed by atoms with van der Waals surface area (Å²) in [6.07, 6.45) is 4.14. The molecule has 0 unspecified atom stereocenters. The zero-order chi connectivity index (χ0) is 46.3. The van der Waals surface area contributed by atoms with Gasteiger partial charge in [-0.1, -0.05) is 134 Å². The van der Waals surface area contributed by atoms with E-state index in [2.05, 4.69) is 211 Å². The number of fused-ring (bicyclic) bond motifs is 5. The second-order valence-electron chi connectivity index (χ2n) is 19.4. The minimum absolute atomic E-state index is 0. The van der Waals surface area contributed by atoms with Crippen LogP contribution in [0.5, 0.6) is 0 Å². The minimum Gasteiger partial charge on any atom is -0.486 e. The Morgan fingerprint density at radius 1 is 0.657 bits per heavy atom. The van der Waals surface area contributed by atoms with Gasteiger partial charge in [0.15, 0.2) is 0 Å². The minimum atomic E-state index is -1.24. The monoisotopic (exact) mass is 1070 g/mol. The summed E-state index contributed by atoms with van der Waals surface area (Å²) in [5.74, 6) is 1.86. The first-order valence-electron chi connectivity index (χ1n) is 23.7. The van der Waals surface area contributed by atoms with Gasteiger partial charge in [0.2, 0.25) is 5.71 Å². The van der Waals surface area contributed by atoms with Crippen molar-refractivity contribution in [1.82, 2.24) is 19.5 Å². The SMILES string of the molecule is CCC(CC)c1ccc2c(n1)oc1c[c-]c(-c3nc4ccccc4n3-c3c(C(C)C)cc(-c4ccc5ccccc5c4)cc3C(C)C)cc12.Cc1c[c-]c(-c2ccc([Si](C)(C)C)cn2)cc1.[Ir]. The first-order valence-corrected chi connectivity index (χ1v) is 27.2. The standard InChI is InChI=1S/C45H42N3O.C15H18NSi.Ir/c1-7-29(8-2)39-21-20-35-38-24-33(19-22-42(38)49-45(35)47-39)44-46-40-15-11-12-16-41(40)48(44)43-36(27(3)4)25-34(26-37(43)28(5)6)32-18-17-30-13-9-10-14-31(30)23-32;1-12-5-7-13(8-6-12)15-10-9-14(11-16-15)17(2,3)4;/h9-18,20-29H,7-8H2,1-6H3;5-7,9-11H,1-4H3;/q2*-1;. The van der Waals surface area contributed by atoms with E-state index in [1.807, 2.05) is 18.3 Å². The topological polar surface area (TPSA) is 56.7 Å². The first-order chi connectivity index (χ1) is 31.8. The maximum absolute atomic E-state index is 6.31. The van der Waals surface area contributed by atoms with Crippen LogP contribution in [0.2, 0.25) is 19.6 Å². The van der Waals surface area contributed by atoms with Crippen LogP contribution in [0.3, 0.4) is 0 Å². The van der Waals surface area contributed by atoms with Crippen molar-refractivity contribution in [2.75, 3.05) is 0 Å². The summed E-state index contributed by atoms with van der Waals surface area (Å²) in [6, 6.07) is 54.5. The summed E-state index contributed by atoms with van der Waals surface area (Å²) >= 11 is 0. The molecule has 0 amide bonds. The van der Waals surface area contributed by atoms with E-state index in [0.717, 1.165) is 68.6 Å². The molecule has 1 radical (unpaired) electrons. The number of nitrogens with zero attached hydrogens (tertiary/aromatic N) is 4. The van der Waals surface area contributed by atoms with Crippen LogP contribution in [-0.2, 0) is 20.1 Å². The molecule has 10 rings (SSSR count). The van der Waals surface area contributed by atoms with Crippen molar-refractivity contribution in [2.45, 2.75) is 98.7 Å². The van der Waals surface area contributed by atoms with Gasteiger partial charge >= 0.3 is 0 Å². The number of furan rings is 1. The molecule has 4 aromatic heterocycles. The number of imidazole rings is 1. The molecule has 7 heteroatoms. The molecular weight excluding hydrogens is 1010 g/mol. The van der Waals surface area contributed by atoms with Crippen molar-refractivity contribution < 1.29 is 24.5 Å². The first kappa shape index (κ1) is 47.5. The predicted molar refractivity (Wildman–Crippen MR) is 281 cm³/mol. The molecule has 0 aliphatic heterocycles. The fraction of sp³-hybridized carbons (Fsp3) is 0.250. The number of hydrogen-bond acceptors (Lipinski definition) is 4. The number of para-hydroxylation sites is 2. The number of rotatable bonds is 10. The van der Waals surface area contributed by atoms with Crippen molar-refractivity contribution in [1.29, 1.82) is 0 Å². The Morgan fingerprint density at radius 3 is 2.01 bits per heavy atom. The number of aromatic nitrogens is 4. The number of aryl methyl sites for hydroxylation is 1. The molecule has 5 nitrogen and oxygen atoms in total. The summed E-state index contributed by atoms with van der Waals surface area (Å²) in [6.45, 7) is 22.7. The molecule has 10 aromatic rings. The van der Waals surface area contributed by atoms with E-state index in [9.17, 15) is 0 Å². The van der Waals surface area contributed by atoms with E-state index >= 15 is 0 Å². The van der Waals surface area contributed by atoms with Gasteiger partial charge in [0, 0.05) is 49.0 Å². The van der Waals surface area contributed by atoms with Crippen LogP contribution in [0.1, 0.15) is 94.5 Å². The largest absolute Gasteiger partial charge is 0.486 e. The molecule has 0 N–H and O–H groups in total. The average Bonchev–Trinajstić information content (AvgIpc) is 3.89. The molecule has 0 saturated heterocycles. The molecule has 0 bridgehead atoms. The number of benzene rings is 6. The van der Waals surface area contributed by atoms with Gasteiger partial charge in [-0.2, -0.15) is 0 Å². The molecule has 4 heterocycles. The smallest absolute Gasteiger partial charge is 0.216 e. The molecule has 67 heavy (non-hydrogen) atoms. The van der Waals surface area contributed by atoms with Gasteiger partial charge in [0.05, 0.1) is 30.5 Å². The molecule has 0 saturated carbocycles. The molecule has 0 aliphatic rings. The Hall–Kier alpha value is -5.98. The van der Waals surface area contributed by atoms with Gasteiger partial charge in [-0.15, -0.1) is 59.2 Å². The van der Waals surface area contributed by atoms with Crippen LogP contribution in [0.15, 0.2) is 144 Å². The molecule has 0 spiro atoms. The summed E-state index contributed by atoms with van der Waals surface area (Å²) in [4.78, 5) is 14.8. The predicted octanol–water partition coefficient (Wildman–Crippen LogP) is 16.2. The van der Waals surface area contributed by atoms with Crippen LogP contribution in [-0.4, -0.2) is 27.6 Å². The van der Waals surface area contributed by atoms with Crippen molar-refractivity contribution in [2.24, 2.45) is 0 Å². The number of pyridine rings is 2. The van der Waals surface area contributed by atoms with Crippen LogP contribution in [0.4, 0.5) is 0 Å². The maximum atomic E-state index is 6.31. The van der Waals surface area contributed by atoms with Crippen molar-refractivity contribution >= 4 is 57.1 Å². The molecule has 0 fully saturated rings. The van der Waals surface area contributed by atoms with Crippen molar-refractivity contribution in [3.8, 4) is 39.5 Å². The Kier molecular flexibility index (Phi) is 14.0. The summed E-state index contributed by atoms with van der Waals surface area (Å²) < 4.78 is 8.69. The van der Waals surface area contributed by atoms with Gasteiger partial charge in [0.25, 0.3) is 0 Å². The van der Waals surface area contributed by atoms with E-state index < -0.39 is 8.07 Å². The summed E-state index contributed by atoms with van der Waals surface area (Å²) in [5.41, 5.74) is 15.1. The molecule has 341 valence electrons. The van der Waals surface area contributed by atoms with Crippen molar-refractivity contribution in [3.63, 3.8) is 0 Å². The van der Waals surface area contributed by atoms with Crippen LogP contribution in [0, 0.1) is 19.1 Å². The Bertz CT molecular complexity index is 3310. The van der Waals surface area contributed by atoms with Gasteiger partial charge in [-0.05, 0) is 111 Å². The maximum Gasteiger partial charge on any atom is 0.216 e. The summed E-state index contributed by atoms with van der Waals surface area (Å²) in [7, 11) is -1.24. The molecule has 0 atom stereocenters. The summed E-state index contributed by atoms with van der Waals surface area (Å²) in [5, 5.41) is 5.96. The van der Waals surface area contributed by atoms with Crippen molar-refractivity contribution in [3.05, 3.63) is 174 Å². The average molecular weight is 1070 g/mol. The second-order valence-corrected chi connectivity index (χ2v) is 24.5. The van der Waals surface area contributed by atoms with Gasteiger partial charge in [-0.3, -0.25) is 4.98 Å². The van der Waals surface area contributed by atoms with Crippen LogP contribution < -0.4 is 5.19 Å². The van der Waals surface area contributed by atoms with E-state index in [1.54, 1.807) is 0 Å². The van der Waals surface area contributed by atoms with E-state index in [1.165, 1.54) is 49.5 Å². The zero-order valence-electron chi connectivity index (χ0n) is 40.5. The normalized spacial score (nSPS) is 11.8. The number of hydrogen-bond donors (Lipinski definition) is 0. The Balaban J connectivity index is 0.000000285. The second kappa shape index (κ2) is 19.7. The van der Waals surface area contributed by atoms with E-state index in [0.29, 0.717) is 11.6 Å². The van der Waals surface area contributed by atoms with E-state index in [-0.39, 0.29) is 31.9 Å². The quantitative estimate of drug-likeness (QED) is 0.101. The van der Waals surface area contributed by atoms with Crippen LogP contribution in [0.25, 0.3) is 83.3 Å². The third-order valence-corrected chi connectivity index (χ3v) is 15.1. The fourth-order valence-corrected chi connectivity index (χ4v) is 10.2.